The number of nitrogens with zero attached hydrogens (tertiary/aromatic N) is 1. The van der Waals surface area contributed by atoms with E-state index < -0.39 is 0 Å². The molecule has 0 unspecified atom stereocenters. The first kappa shape index (κ1) is 29.6. The lowest BCUT2D eigenvalue weighted by molar-refractivity contribution is 0.244. The van der Waals surface area contributed by atoms with Crippen molar-refractivity contribution in [2.24, 2.45) is 11.1 Å². The molecule has 1 aliphatic heterocycles. The Balaban J connectivity index is 0.000000283. The van der Waals surface area contributed by atoms with Gasteiger partial charge in [-0.3, -0.25) is 0 Å². The van der Waals surface area contributed by atoms with Crippen molar-refractivity contribution in [2.75, 3.05) is 37.9 Å². The Morgan fingerprint density at radius 2 is 1.63 bits per heavy atom. The van der Waals surface area contributed by atoms with Gasteiger partial charge >= 0.3 is 0 Å². The predicted octanol–water partition coefficient (Wildman–Crippen LogP) is 8.35. The van der Waals surface area contributed by atoms with Crippen LogP contribution in [-0.4, -0.2) is 33.0 Å². The Kier molecular flexibility index (Phi) is 14.3. The number of benzene rings is 2. The average molecular weight is 499 g/mol. The average Bonchev–Trinajstić information content (AvgIpc) is 3.07. The molecule has 4 heteroatoms. The molecule has 0 aromatic heterocycles. The van der Waals surface area contributed by atoms with Gasteiger partial charge in [0.1, 0.15) is 5.75 Å². The highest BCUT2D eigenvalue weighted by Gasteiger charge is 2.31. The van der Waals surface area contributed by atoms with Crippen LogP contribution in [0.3, 0.4) is 0 Å². The van der Waals surface area contributed by atoms with Crippen molar-refractivity contribution >= 4 is 17.4 Å². The first-order valence-electron chi connectivity index (χ1n) is 13.8. The van der Waals surface area contributed by atoms with E-state index >= 15 is 0 Å². The minimum Gasteiger partial charge on any atom is -0.494 e. The minimum absolute atomic E-state index is 0.577. The summed E-state index contributed by atoms with van der Waals surface area (Å²) in [5.41, 5.74) is 8.88. The van der Waals surface area contributed by atoms with E-state index in [9.17, 15) is 0 Å². The van der Waals surface area contributed by atoms with E-state index in [1.54, 1.807) is 5.56 Å². The van der Waals surface area contributed by atoms with Gasteiger partial charge in [0.15, 0.2) is 0 Å². The monoisotopic (exact) mass is 498 g/mol. The maximum absolute atomic E-state index is 5.51. The van der Waals surface area contributed by atoms with E-state index in [4.69, 9.17) is 10.5 Å². The summed E-state index contributed by atoms with van der Waals surface area (Å²) in [4.78, 5) is 3.75. The predicted molar refractivity (Wildman–Crippen MR) is 156 cm³/mol. The van der Waals surface area contributed by atoms with Crippen molar-refractivity contribution in [1.29, 1.82) is 0 Å². The van der Waals surface area contributed by atoms with Gasteiger partial charge in [-0.05, 0) is 92.8 Å². The van der Waals surface area contributed by atoms with Crippen molar-refractivity contribution < 1.29 is 4.74 Å². The Morgan fingerprint density at radius 1 is 0.914 bits per heavy atom. The summed E-state index contributed by atoms with van der Waals surface area (Å²) in [5, 5.41) is 0. The van der Waals surface area contributed by atoms with Gasteiger partial charge in [-0.15, -0.1) is 11.8 Å². The highest BCUT2D eigenvalue weighted by atomic mass is 32.2. The number of hydrogen-bond donors (Lipinski definition) is 1. The normalized spacial score (nSPS) is 14.3. The molecule has 1 heterocycles. The van der Waals surface area contributed by atoms with Gasteiger partial charge in [0.25, 0.3) is 0 Å². The second-order valence-corrected chi connectivity index (χ2v) is 11.2. The summed E-state index contributed by atoms with van der Waals surface area (Å²) in [6.45, 7) is 6.24. The van der Waals surface area contributed by atoms with Crippen LogP contribution in [0, 0.1) is 5.41 Å². The molecular weight excluding hydrogens is 448 g/mol. The first-order chi connectivity index (χ1) is 17.0. The molecule has 0 atom stereocenters. The Morgan fingerprint density at radius 3 is 2.26 bits per heavy atom. The fourth-order valence-electron chi connectivity index (χ4n) is 4.64. The number of aryl methyl sites for hydroxylation is 1. The molecule has 2 N–H and O–H groups in total. The van der Waals surface area contributed by atoms with Crippen LogP contribution < -0.4 is 15.4 Å². The third kappa shape index (κ3) is 10.9. The zero-order chi connectivity index (χ0) is 25.4. The van der Waals surface area contributed by atoms with Gasteiger partial charge in [0.2, 0.25) is 0 Å². The maximum atomic E-state index is 5.51. The summed E-state index contributed by atoms with van der Waals surface area (Å²) in [6, 6.07) is 16.9. The van der Waals surface area contributed by atoms with Crippen LogP contribution in [0.5, 0.6) is 5.75 Å². The van der Waals surface area contributed by atoms with Gasteiger partial charge in [0, 0.05) is 30.4 Å². The molecule has 2 aromatic carbocycles. The van der Waals surface area contributed by atoms with Gasteiger partial charge in [-0.1, -0.05) is 57.7 Å². The number of anilines is 1. The van der Waals surface area contributed by atoms with Crippen molar-refractivity contribution in [1.82, 2.24) is 0 Å². The smallest absolute Gasteiger partial charge is 0.119 e. The lowest BCUT2D eigenvalue weighted by Gasteiger charge is -2.32. The molecule has 0 spiro atoms. The van der Waals surface area contributed by atoms with E-state index in [0.717, 1.165) is 38.2 Å². The number of fused-ring (bicyclic) bond motifs is 1. The number of nitrogens with two attached hydrogens (primary N) is 1. The molecule has 0 bridgehead atoms. The SMILES string of the molecule is CCCCC1(CCCC)CCc2cc(N(C)C)ccc2SC1.NCCCCCOc1ccccc1. The molecule has 0 saturated carbocycles. The zero-order valence-corrected chi connectivity index (χ0v) is 23.7. The van der Waals surface area contributed by atoms with E-state index in [2.05, 4.69) is 62.8 Å². The van der Waals surface area contributed by atoms with Crippen molar-refractivity contribution in [2.45, 2.75) is 89.4 Å². The molecule has 0 radical (unpaired) electrons. The fraction of sp³-hybridized carbons (Fsp3) is 0.613. The molecule has 1 aliphatic rings. The second kappa shape index (κ2) is 16.9. The quantitative estimate of drug-likeness (QED) is 0.282. The summed E-state index contributed by atoms with van der Waals surface area (Å²) in [5.74, 6) is 2.27. The number of ether oxygens (including phenoxy) is 1. The van der Waals surface area contributed by atoms with E-state index in [-0.39, 0.29) is 0 Å². The molecule has 35 heavy (non-hydrogen) atoms. The highest BCUT2D eigenvalue weighted by molar-refractivity contribution is 7.99. The molecule has 0 saturated heterocycles. The largest absolute Gasteiger partial charge is 0.494 e. The van der Waals surface area contributed by atoms with Crippen LogP contribution >= 0.6 is 11.8 Å². The third-order valence-corrected chi connectivity index (χ3v) is 8.47. The number of para-hydroxylation sites is 1. The summed E-state index contributed by atoms with van der Waals surface area (Å²) in [7, 11) is 4.27. The van der Waals surface area contributed by atoms with E-state index in [1.807, 2.05) is 30.3 Å². The maximum Gasteiger partial charge on any atom is 0.119 e. The van der Waals surface area contributed by atoms with Gasteiger partial charge in [-0.25, -0.2) is 0 Å². The molecular formula is C31H50N2OS. The number of rotatable bonds is 13. The zero-order valence-electron chi connectivity index (χ0n) is 22.9. The number of unbranched alkanes of at least 4 members (excludes halogenated alkanes) is 4. The fourth-order valence-corrected chi connectivity index (χ4v) is 6.04. The molecule has 0 aliphatic carbocycles. The molecule has 196 valence electrons. The van der Waals surface area contributed by atoms with Crippen molar-refractivity contribution in [3.8, 4) is 5.75 Å². The third-order valence-electron chi connectivity index (χ3n) is 7.00. The summed E-state index contributed by atoms with van der Waals surface area (Å²) in [6.07, 6.45) is 14.3. The molecule has 3 rings (SSSR count). The van der Waals surface area contributed by atoms with Gasteiger partial charge in [0.05, 0.1) is 6.61 Å². The first-order valence-corrected chi connectivity index (χ1v) is 14.8. The number of thioether (sulfide) groups is 1. The van der Waals surface area contributed by atoms with Gasteiger partial charge in [-0.2, -0.15) is 0 Å². The van der Waals surface area contributed by atoms with Crippen molar-refractivity contribution in [3.63, 3.8) is 0 Å². The molecule has 2 aromatic rings. The molecule has 3 nitrogen and oxygen atoms in total. The Bertz CT molecular complexity index is 801. The van der Waals surface area contributed by atoms with E-state index in [1.165, 1.54) is 67.7 Å². The number of hydrogen-bond acceptors (Lipinski definition) is 4. The van der Waals surface area contributed by atoms with Gasteiger partial charge < -0.3 is 15.4 Å². The Labute approximate surface area is 220 Å². The van der Waals surface area contributed by atoms with Crippen LogP contribution in [-0.2, 0) is 6.42 Å². The van der Waals surface area contributed by atoms with Crippen LogP contribution in [0.2, 0.25) is 0 Å². The van der Waals surface area contributed by atoms with Crippen LogP contribution in [0.4, 0.5) is 5.69 Å². The summed E-state index contributed by atoms with van der Waals surface area (Å²) < 4.78 is 5.51. The minimum atomic E-state index is 0.577. The summed E-state index contributed by atoms with van der Waals surface area (Å²) >= 11 is 2.12. The standard InChI is InChI=1S/C20H33NS.C11H17NO/c1-5-7-12-20(13-8-6-2)14-11-17-15-18(21(3)4)9-10-19(17)22-16-20;12-9-5-2-6-10-13-11-7-3-1-4-8-11/h9-10,15H,5-8,11-14,16H2,1-4H3;1,3-4,7-8H,2,5-6,9-10,12H2. The van der Waals surface area contributed by atoms with Crippen LogP contribution in [0.15, 0.2) is 53.4 Å². The molecule has 0 amide bonds. The van der Waals surface area contributed by atoms with Crippen LogP contribution in [0.1, 0.15) is 83.6 Å². The molecule has 0 fully saturated rings. The van der Waals surface area contributed by atoms with Crippen LogP contribution in [0.25, 0.3) is 0 Å². The lowest BCUT2D eigenvalue weighted by Crippen LogP contribution is -2.24. The second-order valence-electron chi connectivity index (χ2n) is 10.2. The topological polar surface area (TPSA) is 38.5 Å². The Hall–Kier alpha value is -1.65. The van der Waals surface area contributed by atoms with Crippen molar-refractivity contribution in [3.05, 3.63) is 54.1 Å². The highest BCUT2D eigenvalue weighted by Crippen LogP contribution is 2.45. The van der Waals surface area contributed by atoms with E-state index in [0.29, 0.717) is 5.41 Å². The lowest BCUT2D eigenvalue weighted by atomic mass is 9.75.